The quantitative estimate of drug-likeness (QED) is 0.245. The Hall–Kier alpha value is -5.29. The first-order valence-electron chi connectivity index (χ1n) is 12.8. The molecule has 0 saturated carbocycles. The van der Waals surface area contributed by atoms with E-state index in [1.54, 1.807) is 0 Å². The van der Waals surface area contributed by atoms with Gasteiger partial charge in [0.15, 0.2) is 11.6 Å². The van der Waals surface area contributed by atoms with Gasteiger partial charge in [0.25, 0.3) is 0 Å². The molecule has 39 heavy (non-hydrogen) atoms. The van der Waals surface area contributed by atoms with E-state index in [1.165, 1.54) is 0 Å². The fourth-order valence-corrected chi connectivity index (χ4v) is 5.08. The summed E-state index contributed by atoms with van der Waals surface area (Å²) in [7, 11) is 0. The Balaban J connectivity index is 1.31. The molecule has 0 atom stereocenters. The second-order valence-electron chi connectivity index (χ2n) is 9.51. The zero-order valence-corrected chi connectivity index (χ0v) is 21.3. The standard InChI is InChI=1S/C34H23N5/c1-22-37-33(25-12-6-10-23(16-25)31-20-35-18-27-8-2-4-14-29(27)31)39-34(38-22)26-13-7-11-24(17-26)32-21-36-19-28-9-3-5-15-30(28)32/h2-21H,1H3. The van der Waals surface area contributed by atoms with Crippen LogP contribution in [0.1, 0.15) is 5.82 Å². The highest BCUT2D eigenvalue weighted by Crippen LogP contribution is 2.32. The van der Waals surface area contributed by atoms with Crippen molar-refractivity contribution in [1.82, 2.24) is 24.9 Å². The van der Waals surface area contributed by atoms with Crippen LogP contribution in [0, 0.1) is 6.92 Å². The number of aromatic nitrogens is 5. The molecule has 184 valence electrons. The van der Waals surface area contributed by atoms with E-state index < -0.39 is 0 Å². The number of nitrogens with zero attached hydrogens (tertiary/aromatic N) is 5. The molecule has 0 aliphatic rings. The van der Waals surface area contributed by atoms with Crippen LogP contribution in [0.3, 0.4) is 0 Å². The van der Waals surface area contributed by atoms with E-state index in [0.29, 0.717) is 17.5 Å². The molecule has 0 aliphatic carbocycles. The molecular formula is C34H23N5. The van der Waals surface area contributed by atoms with Crippen molar-refractivity contribution in [2.45, 2.75) is 6.92 Å². The Morgan fingerprint density at radius 1 is 0.436 bits per heavy atom. The minimum Gasteiger partial charge on any atom is -0.263 e. The number of hydrogen-bond donors (Lipinski definition) is 0. The Labute approximate surface area is 225 Å². The average molecular weight is 502 g/mol. The van der Waals surface area contributed by atoms with E-state index in [2.05, 4.69) is 70.6 Å². The third kappa shape index (κ3) is 4.30. The maximum absolute atomic E-state index is 4.91. The number of pyridine rings is 2. The number of rotatable bonds is 4. The molecule has 0 saturated heterocycles. The fourth-order valence-electron chi connectivity index (χ4n) is 5.08. The van der Waals surface area contributed by atoms with Crippen LogP contribution < -0.4 is 0 Å². The molecular weight excluding hydrogens is 478 g/mol. The van der Waals surface area contributed by atoms with Crippen molar-refractivity contribution in [2.24, 2.45) is 0 Å². The third-order valence-electron chi connectivity index (χ3n) is 6.95. The molecule has 4 aromatic carbocycles. The SMILES string of the molecule is Cc1nc(-c2cccc(-c3cncc4ccccc34)c2)nc(-c2cccc(-c3cncc4ccccc34)c2)n1. The highest BCUT2D eigenvalue weighted by Gasteiger charge is 2.12. The molecule has 0 spiro atoms. The first-order chi connectivity index (χ1) is 19.2. The third-order valence-corrected chi connectivity index (χ3v) is 6.95. The summed E-state index contributed by atoms with van der Waals surface area (Å²) in [5.41, 5.74) is 6.17. The summed E-state index contributed by atoms with van der Waals surface area (Å²) in [5, 5.41) is 4.55. The molecule has 3 heterocycles. The summed E-state index contributed by atoms with van der Waals surface area (Å²) in [6, 6.07) is 33.2. The smallest absolute Gasteiger partial charge is 0.163 e. The Kier molecular flexibility index (Phi) is 5.60. The van der Waals surface area contributed by atoms with Gasteiger partial charge in [-0.2, -0.15) is 0 Å². The van der Waals surface area contributed by atoms with Crippen molar-refractivity contribution >= 4 is 21.5 Å². The summed E-state index contributed by atoms with van der Waals surface area (Å²) >= 11 is 0. The van der Waals surface area contributed by atoms with E-state index in [-0.39, 0.29) is 0 Å². The van der Waals surface area contributed by atoms with E-state index in [0.717, 1.165) is 54.9 Å². The number of benzene rings is 4. The first-order valence-corrected chi connectivity index (χ1v) is 12.8. The summed E-state index contributed by atoms with van der Waals surface area (Å²) in [6.45, 7) is 1.91. The zero-order chi connectivity index (χ0) is 26.2. The zero-order valence-electron chi connectivity index (χ0n) is 21.3. The Morgan fingerprint density at radius 2 is 0.897 bits per heavy atom. The normalized spacial score (nSPS) is 11.2. The average Bonchev–Trinajstić information content (AvgIpc) is 3.00. The summed E-state index contributed by atoms with van der Waals surface area (Å²) in [5.74, 6) is 1.96. The molecule has 7 rings (SSSR count). The summed E-state index contributed by atoms with van der Waals surface area (Å²) in [4.78, 5) is 23.2. The second-order valence-corrected chi connectivity index (χ2v) is 9.51. The minimum absolute atomic E-state index is 0.643. The molecule has 0 aliphatic heterocycles. The van der Waals surface area contributed by atoms with Gasteiger partial charge in [0.05, 0.1) is 0 Å². The van der Waals surface area contributed by atoms with E-state index in [1.807, 2.05) is 68.1 Å². The van der Waals surface area contributed by atoms with Crippen LogP contribution in [0.25, 0.3) is 66.6 Å². The largest absolute Gasteiger partial charge is 0.263 e. The molecule has 0 bridgehead atoms. The van der Waals surface area contributed by atoms with Gasteiger partial charge in [-0.15, -0.1) is 0 Å². The van der Waals surface area contributed by atoms with Gasteiger partial charge in [-0.3, -0.25) is 9.97 Å². The molecule has 0 fully saturated rings. The topological polar surface area (TPSA) is 64.5 Å². The van der Waals surface area contributed by atoms with Crippen LogP contribution in [0.2, 0.25) is 0 Å². The van der Waals surface area contributed by atoms with Gasteiger partial charge < -0.3 is 0 Å². The highest BCUT2D eigenvalue weighted by atomic mass is 15.0. The van der Waals surface area contributed by atoms with Crippen LogP contribution >= 0.6 is 0 Å². The molecule has 5 nitrogen and oxygen atoms in total. The number of aryl methyl sites for hydroxylation is 1. The first kappa shape index (κ1) is 22.9. The van der Waals surface area contributed by atoms with Gasteiger partial charge in [-0.25, -0.2) is 15.0 Å². The van der Waals surface area contributed by atoms with Crippen LogP contribution in [0.4, 0.5) is 0 Å². The maximum Gasteiger partial charge on any atom is 0.163 e. The molecule has 3 aromatic heterocycles. The van der Waals surface area contributed by atoms with Gasteiger partial charge >= 0.3 is 0 Å². The molecule has 5 heteroatoms. The summed E-state index contributed by atoms with van der Waals surface area (Å²) in [6.07, 6.45) is 7.62. The van der Waals surface area contributed by atoms with Gasteiger partial charge in [0.2, 0.25) is 0 Å². The van der Waals surface area contributed by atoms with Crippen molar-refractivity contribution in [2.75, 3.05) is 0 Å². The molecule has 7 aromatic rings. The molecule has 0 amide bonds. The lowest BCUT2D eigenvalue weighted by atomic mass is 9.99. The van der Waals surface area contributed by atoms with Crippen LogP contribution in [0.15, 0.2) is 122 Å². The monoisotopic (exact) mass is 501 g/mol. The molecule has 0 radical (unpaired) electrons. The van der Waals surface area contributed by atoms with Crippen molar-refractivity contribution in [3.63, 3.8) is 0 Å². The Morgan fingerprint density at radius 3 is 1.41 bits per heavy atom. The van der Waals surface area contributed by atoms with Crippen LogP contribution in [-0.2, 0) is 0 Å². The predicted octanol–water partition coefficient (Wildman–Crippen LogP) is 7.94. The summed E-state index contributed by atoms with van der Waals surface area (Å²) < 4.78 is 0. The number of fused-ring (bicyclic) bond motifs is 2. The van der Waals surface area contributed by atoms with Crippen molar-refractivity contribution in [3.8, 4) is 45.0 Å². The van der Waals surface area contributed by atoms with Gasteiger partial charge in [0.1, 0.15) is 5.82 Å². The van der Waals surface area contributed by atoms with Crippen LogP contribution in [0.5, 0.6) is 0 Å². The minimum atomic E-state index is 0.643. The van der Waals surface area contributed by atoms with Gasteiger partial charge in [-0.05, 0) is 41.0 Å². The van der Waals surface area contributed by atoms with Gasteiger partial charge in [-0.1, -0.05) is 84.9 Å². The maximum atomic E-state index is 4.91. The van der Waals surface area contributed by atoms with Crippen molar-refractivity contribution in [1.29, 1.82) is 0 Å². The van der Waals surface area contributed by atoms with Crippen molar-refractivity contribution in [3.05, 3.63) is 128 Å². The number of hydrogen-bond acceptors (Lipinski definition) is 5. The molecule has 0 unspecified atom stereocenters. The Bertz CT molecular complexity index is 1850. The fraction of sp³-hybridized carbons (Fsp3) is 0.0294. The van der Waals surface area contributed by atoms with Crippen molar-refractivity contribution < 1.29 is 0 Å². The lowest BCUT2D eigenvalue weighted by Gasteiger charge is -2.10. The second kappa shape index (κ2) is 9.54. The molecule has 0 N–H and O–H groups in total. The van der Waals surface area contributed by atoms with E-state index in [4.69, 9.17) is 15.0 Å². The lowest BCUT2D eigenvalue weighted by molar-refractivity contribution is 0.992. The highest BCUT2D eigenvalue weighted by molar-refractivity contribution is 5.97. The van der Waals surface area contributed by atoms with Gasteiger partial charge in [0, 0.05) is 57.8 Å². The lowest BCUT2D eigenvalue weighted by Crippen LogP contribution is -2.00. The van der Waals surface area contributed by atoms with E-state index >= 15 is 0 Å². The van der Waals surface area contributed by atoms with Crippen LogP contribution in [-0.4, -0.2) is 24.9 Å². The predicted molar refractivity (Wildman–Crippen MR) is 157 cm³/mol. The van der Waals surface area contributed by atoms with E-state index in [9.17, 15) is 0 Å².